The number of aliphatic hydroxyl groups excluding tert-OH is 1. The van der Waals surface area contributed by atoms with E-state index in [2.05, 4.69) is 6.92 Å². The van der Waals surface area contributed by atoms with E-state index in [9.17, 15) is 13.9 Å². The van der Waals surface area contributed by atoms with Gasteiger partial charge < -0.3 is 5.11 Å². The Bertz CT molecular complexity index is 457. The Kier molecular flexibility index (Phi) is 6.57. The van der Waals surface area contributed by atoms with Crippen molar-refractivity contribution in [3.63, 3.8) is 0 Å². The standard InChI is InChI=1S/C22H36F2O/c1-3-15-4-6-17(7-5-15)19-12-13-20(22(24)21(19)23)18-10-8-16(9-11-18)14(2)25/h14-20,25H,3-13H2,1-2H3/t14?,15?,16?,17?,18?,19?,20-/m1/s1. The highest BCUT2D eigenvalue weighted by Gasteiger charge is 2.40. The largest absolute Gasteiger partial charge is 0.393 e. The van der Waals surface area contributed by atoms with Crippen LogP contribution in [0.5, 0.6) is 0 Å². The van der Waals surface area contributed by atoms with Crippen LogP contribution in [0.2, 0.25) is 0 Å². The minimum absolute atomic E-state index is 0.150. The first-order valence-electron chi connectivity index (χ1n) is 10.7. The van der Waals surface area contributed by atoms with E-state index >= 15 is 0 Å². The molecule has 1 N–H and O–H groups in total. The van der Waals surface area contributed by atoms with Gasteiger partial charge in [-0.25, -0.2) is 8.78 Å². The molecule has 3 aliphatic carbocycles. The van der Waals surface area contributed by atoms with E-state index in [4.69, 9.17) is 0 Å². The van der Waals surface area contributed by atoms with E-state index < -0.39 is 11.7 Å². The quantitative estimate of drug-likeness (QED) is 0.605. The average Bonchev–Trinajstić information content (AvgIpc) is 2.64. The summed E-state index contributed by atoms with van der Waals surface area (Å²) in [6, 6.07) is 0. The highest BCUT2D eigenvalue weighted by Crippen LogP contribution is 2.49. The zero-order valence-corrected chi connectivity index (χ0v) is 16.0. The second-order valence-electron chi connectivity index (χ2n) is 9.09. The maximum absolute atomic E-state index is 14.9. The van der Waals surface area contributed by atoms with Crippen molar-refractivity contribution in [2.75, 3.05) is 0 Å². The molecule has 0 radical (unpaired) electrons. The summed E-state index contributed by atoms with van der Waals surface area (Å²) in [5.41, 5.74) is 0. The van der Waals surface area contributed by atoms with Gasteiger partial charge in [-0.15, -0.1) is 0 Å². The summed E-state index contributed by atoms with van der Waals surface area (Å²) in [7, 11) is 0. The van der Waals surface area contributed by atoms with E-state index in [0.717, 1.165) is 57.3 Å². The molecule has 3 aliphatic rings. The molecule has 1 nitrogen and oxygen atoms in total. The van der Waals surface area contributed by atoms with Crippen LogP contribution in [0.25, 0.3) is 0 Å². The Labute approximate surface area is 152 Å². The molecule has 0 bridgehead atoms. The molecule has 0 aliphatic heterocycles. The number of rotatable bonds is 4. The monoisotopic (exact) mass is 354 g/mol. The third kappa shape index (κ3) is 4.28. The molecule has 0 heterocycles. The van der Waals surface area contributed by atoms with Crippen LogP contribution in [0.4, 0.5) is 8.78 Å². The molecule has 0 aromatic rings. The molecule has 0 spiro atoms. The summed E-state index contributed by atoms with van der Waals surface area (Å²) in [5, 5.41) is 9.74. The van der Waals surface area contributed by atoms with Gasteiger partial charge >= 0.3 is 0 Å². The van der Waals surface area contributed by atoms with Gasteiger partial charge in [0.25, 0.3) is 0 Å². The van der Waals surface area contributed by atoms with Gasteiger partial charge in [-0.2, -0.15) is 0 Å². The Morgan fingerprint density at radius 3 is 1.64 bits per heavy atom. The van der Waals surface area contributed by atoms with Gasteiger partial charge in [0.2, 0.25) is 0 Å². The van der Waals surface area contributed by atoms with Gasteiger partial charge in [0.1, 0.15) is 11.7 Å². The normalized spacial score (nSPS) is 41.6. The average molecular weight is 355 g/mol. The Morgan fingerprint density at radius 1 is 0.800 bits per heavy atom. The van der Waals surface area contributed by atoms with Crippen LogP contribution in [0.3, 0.4) is 0 Å². The summed E-state index contributed by atoms with van der Waals surface area (Å²) in [6.07, 6.45) is 10.9. The van der Waals surface area contributed by atoms with E-state index in [0.29, 0.717) is 11.8 Å². The van der Waals surface area contributed by atoms with Crippen LogP contribution in [0.1, 0.15) is 84.5 Å². The van der Waals surface area contributed by atoms with Gasteiger partial charge in [0, 0.05) is 11.8 Å². The van der Waals surface area contributed by atoms with E-state index in [-0.39, 0.29) is 23.9 Å². The van der Waals surface area contributed by atoms with Gasteiger partial charge in [0.15, 0.2) is 0 Å². The van der Waals surface area contributed by atoms with Gasteiger partial charge in [-0.05, 0) is 82.0 Å². The van der Waals surface area contributed by atoms with Gasteiger partial charge in [0.05, 0.1) is 6.10 Å². The number of aliphatic hydroxyl groups is 1. The van der Waals surface area contributed by atoms with Crippen LogP contribution in [-0.2, 0) is 0 Å². The molecule has 3 heteroatoms. The van der Waals surface area contributed by atoms with Crippen molar-refractivity contribution in [1.29, 1.82) is 0 Å². The van der Waals surface area contributed by atoms with Crippen LogP contribution in [-0.4, -0.2) is 11.2 Å². The molecule has 25 heavy (non-hydrogen) atoms. The van der Waals surface area contributed by atoms with Crippen molar-refractivity contribution in [2.45, 2.75) is 90.6 Å². The van der Waals surface area contributed by atoms with Crippen molar-refractivity contribution in [2.24, 2.45) is 35.5 Å². The van der Waals surface area contributed by atoms with Crippen molar-refractivity contribution in [1.82, 2.24) is 0 Å². The molecule has 144 valence electrons. The highest BCUT2D eigenvalue weighted by atomic mass is 19.2. The van der Waals surface area contributed by atoms with Crippen molar-refractivity contribution >= 4 is 0 Å². The molecule has 2 unspecified atom stereocenters. The van der Waals surface area contributed by atoms with Crippen molar-refractivity contribution in [3.05, 3.63) is 11.7 Å². The lowest BCUT2D eigenvalue weighted by atomic mass is 9.66. The summed E-state index contributed by atoms with van der Waals surface area (Å²) < 4.78 is 29.8. The van der Waals surface area contributed by atoms with E-state index in [1.165, 1.54) is 19.3 Å². The third-order valence-corrected chi connectivity index (χ3v) is 7.77. The number of hydrogen-bond donors (Lipinski definition) is 1. The fraction of sp³-hybridized carbons (Fsp3) is 0.909. The summed E-state index contributed by atoms with van der Waals surface area (Å²) >= 11 is 0. The fourth-order valence-electron chi connectivity index (χ4n) is 5.88. The smallest absolute Gasteiger partial charge is 0.135 e. The summed E-state index contributed by atoms with van der Waals surface area (Å²) in [6.45, 7) is 4.09. The van der Waals surface area contributed by atoms with Gasteiger partial charge in [-0.3, -0.25) is 0 Å². The lowest BCUT2D eigenvalue weighted by Gasteiger charge is -2.40. The number of hydrogen-bond acceptors (Lipinski definition) is 1. The van der Waals surface area contributed by atoms with Crippen molar-refractivity contribution < 1.29 is 13.9 Å². The fourth-order valence-corrected chi connectivity index (χ4v) is 5.88. The predicted octanol–water partition coefficient (Wildman–Crippen LogP) is 6.57. The molecular weight excluding hydrogens is 318 g/mol. The maximum atomic E-state index is 14.9. The van der Waals surface area contributed by atoms with Crippen LogP contribution < -0.4 is 0 Å². The second-order valence-corrected chi connectivity index (χ2v) is 9.09. The molecule has 3 atom stereocenters. The number of allylic oxidation sites excluding steroid dienone is 2. The molecule has 0 aromatic heterocycles. The predicted molar refractivity (Wildman–Crippen MR) is 98.3 cm³/mol. The first kappa shape index (κ1) is 19.3. The topological polar surface area (TPSA) is 20.2 Å². The molecule has 2 fully saturated rings. The zero-order valence-electron chi connectivity index (χ0n) is 16.0. The maximum Gasteiger partial charge on any atom is 0.135 e. The zero-order chi connectivity index (χ0) is 18.0. The molecule has 0 saturated heterocycles. The Morgan fingerprint density at radius 2 is 1.24 bits per heavy atom. The molecule has 3 rings (SSSR count). The van der Waals surface area contributed by atoms with Crippen LogP contribution >= 0.6 is 0 Å². The first-order chi connectivity index (χ1) is 12.0. The second kappa shape index (κ2) is 8.50. The molecule has 0 amide bonds. The Balaban J connectivity index is 1.60. The number of halogens is 2. The van der Waals surface area contributed by atoms with Crippen LogP contribution in [0, 0.1) is 35.5 Å². The van der Waals surface area contributed by atoms with Crippen molar-refractivity contribution in [3.8, 4) is 0 Å². The first-order valence-corrected chi connectivity index (χ1v) is 10.7. The lowest BCUT2D eigenvalue weighted by Crippen LogP contribution is -2.31. The van der Waals surface area contributed by atoms with Gasteiger partial charge in [-0.1, -0.05) is 26.2 Å². The third-order valence-electron chi connectivity index (χ3n) is 7.77. The Hall–Kier alpha value is -0.440. The molecule has 0 aromatic carbocycles. The van der Waals surface area contributed by atoms with E-state index in [1.807, 2.05) is 6.92 Å². The highest BCUT2D eigenvalue weighted by molar-refractivity contribution is 5.14. The minimum Gasteiger partial charge on any atom is -0.393 e. The van der Waals surface area contributed by atoms with E-state index in [1.54, 1.807) is 0 Å². The lowest BCUT2D eigenvalue weighted by molar-refractivity contribution is 0.0714. The molecular formula is C22H36F2O. The SMILES string of the molecule is CCC1CCC(C2CC[C@H](C3CCC(C(C)O)CC3)C(F)=C2F)CC1. The van der Waals surface area contributed by atoms with Crippen LogP contribution in [0.15, 0.2) is 11.7 Å². The summed E-state index contributed by atoms with van der Waals surface area (Å²) in [4.78, 5) is 0. The summed E-state index contributed by atoms with van der Waals surface area (Å²) in [5.74, 6) is 0.633. The minimum atomic E-state index is -0.408. The molecule has 2 saturated carbocycles.